The molecule has 1 aliphatic heterocycles. The molecule has 0 amide bonds. The molecule has 0 spiro atoms. The highest BCUT2D eigenvalue weighted by atomic mass is 32.1. The zero-order valence-corrected chi connectivity index (χ0v) is 7.53. The summed E-state index contributed by atoms with van der Waals surface area (Å²) >= 11 is 1.50. The van der Waals surface area contributed by atoms with Crippen LogP contribution in [0.3, 0.4) is 0 Å². The molecule has 1 unspecified atom stereocenters. The Labute approximate surface area is 74.8 Å². The van der Waals surface area contributed by atoms with Crippen LogP contribution in [0.25, 0.3) is 0 Å². The molecule has 2 rings (SSSR count). The molecule has 0 saturated carbocycles. The van der Waals surface area contributed by atoms with Crippen molar-refractivity contribution in [1.82, 2.24) is 10.3 Å². The summed E-state index contributed by atoms with van der Waals surface area (Å²) in [5, 5.41) is 4.36. The fourth-order valence-corrected chi connectivity index (χ4v) is 2.34. The molecule has 12 heavy (non-hydrogen) atoms. The van der Waals surface area contributed by atoms with Crippen LogP contribution in [0.15, 0.2) is 6.20 Å². The van der Waals surface area contributed by atoms with E-state index in [9.17, 15) is 4.39 Å². The van der Waals surface area contributed by atoms with Gasteiger partial charge in [-0.3, -0.25) is 0 Å². The van der Waals surface area contributed by atoms with E-state index in [2.05, 4.69) is 10.3 Å². The number of aromatic nitrogens is 1. The van der Waals surface area contributed by atoms with Crippen molar-refractivity contribution in [3.05, 3.63) is 16.1 Å². The molecule has 66 valence electrons. The molecule has 1 N–H and O–H groups in total. The zero-order chi connectivity index (χ0) is 8.39. The largest absolute Gasteiger partial charge is 0.316 e. The van der Waals surface area contributed by atoms with Crippen LogP contribution < -0.4 is 5.32 Å². The van der Waals surface area contributed by atoms with Crippen LogP contribution in [-0.4, -0.2) is 18.1 Å². The normalized spacial score (nSPS) is 23.2. The van der Waals surface area contributed by atoms with E-state index in [0.29, 0.717) is 5.92 Å². The van der Waals surface area contributed by atoms with Gasteiger partial charge in [-0.1, -0.05) is 0 Å². The number of hydrogen-bond acceptors (Lipinski definition) is 3. The Hall–Kier alpha value is -0.480. The van der Waals surface area contributed by atoms with E-state index in [1.54, 1.807) is 6.20 Å². The van der Waals surface area contributed by atoms with Crippen LogP contribution in [0.2, 0.25) is 0 Å². The lowest BCUT2D eigenvalue weighted by atomic mass is 10.1. The highest BCUT2D eigenvalue weighted by Gasteiger charge is 2.19. The number of hydrogen-bond donors (Lipinski definition) is 1. The monoisotopic (exact) mass is 186 g/mol. The van der Waals surface area contributed by atoms with Gasteiger partial charge in [-0.15, -0.1) is 11.3 Å². The molecule has 4 heteroatoms. The Bertz CT molecular complexity index is 255. The van der Waals surface area contributed by atoms with Crippen molar-refractivity contribution in [2.45, 2.75) is 19.0 Å². The number of alkyl halides is 1. The number of halogens is 1. The second-order valence-corrected chi connectivity index (χ2v) is 4.13. The predicted molar refractivity (Wildman–Crippen MR) is 47.2 cm³/mol. The summed E-state index contributed by atoms with van der Waals surface area (Å²) in [5.41, 5.74) is 0. The van der Waals surface area contributed by atoms with Gasteiger partial charge in [0, 0.05) is 18.7 Å². The molecule has 1 aromatic heterocycles. The van der Waals surface area contributed by atoms with E-state index in [-0.39, 0.29) is 6.67 Å². The van der Waals surface area contributed by atoms with Crippen LogP contribution >= 0.6 is 11.3 Å². The fourth-order valence-electron chi connectivity index (χ4n) is 1.44. The molecule has 0 bridgehead atoms. The van der Waals surface area contributed by atoms with Crippen LogP contribution in [-0.2, 0) is 6.67 Å². The van der Waals surface area contributed by atoms with Crippen molar-refractivity contribution in [2.75, 3.05) is 13.1 Å². The van der Waals surface area contributed by atoms with Crippen molar-refractivity contribution < 1.29 is 4.39 Å². The van der Waals surface area contributed by atoms with Gasteiger partial charge in [0.25, 0.3) is 0 Å². The summed E-state index contributed by atoms with van der Waals surface area (Å²) in [6.07, 6.45) is 2.79. The van der Waals surface area contributed by atoms with E-state index in [1.807, 2.05) is 0 Å². The second-order valence-electron chi connectivity index (χ2n) is 2.99. The van der Waals surface area contributed by atoms with Gasteiger partial charge in [0.05, 0.1) is 9.88 Å². The number of thiazole rings is 1. The van der Waals surface area contributed by atoms with Gasteiger partial charge < -0.3 is 5.32 Å². The second kappa shape index (κ2) is 3.49. The molecule has 1 atom stereocenters. The minimum absolute atomic E-state index is 0.377. The van der Waals surface area contributed by atoms with Gasteiger partial charge in [0.2, 0.25) is 0 Å². The van der Waals surface area contributed by atoms with E-state index < -0.39 is 0 Å². The third-order valence-corrected chi connectivity index (χ3v) is 3.24. The minimum Gasteiger partial charge on any atom is -0.316 e. The van der Waals surface area contributed by atoms with Crippen LogP contribution in [0.5, 0.6) is 0 Å². The summed E-state index contributed by atoms with van der Waals surface area (Å²) in [6.45, 7) is 1.69. The van der Waals surface area contributed by atoms with E-state index >= 15 is 0 Å². The van der Waals surface area contributed by atoms with E-state index in [1.165, 1.54) is 11.3 Å². The number of rotatable bonds is 2. The van der Waals surface area contributed by atoms with Gasteiger partial charge in [-0.2, -0.15) is 0 Å². The molecule has 2 nitrogen and oxygen atoms in total. The lowest BCUT2D eigenvalue weighted by Crippen LogP contribution is -2.07. The smallest absolute Gasteiger partial charge is 0.125 e. The van der Waals surface area contributed by atoms with Crippen molar-refractivity contribution in [3.8, 4) is 0 Å². The molecule has 2 heterocycles. The fraction of sp³-hybridized carbons (Fsp3) is 0.625. The molecule has 1 saturated heterocycles. The third-order valence-electron chi connectivity index (χ3n) is 2.11. The summed E-state index contributed by atoms with van der Waals surface area (Å²) in [6, 6.07) is 0. The SMILES string of the molecule is FCc1cnc(C2CCNC2)s1. The highest BCUT2D eigenvalue weighted by Crippen LogP contribution is 2.26. The molecular weight excluding hydrogens is 175 g/mol. The molecule has 1 aromatic rings. The summed E-state index contributed by atoms with van der Waals surface area (Å²) in [4.78, 5) is 4.95. The number of nitrogens with zero attached hydrogens (tertiary/aromatic N) is 1. The standard InChI is InChI=1S/C8H11FN2S/c9-3-7-5-11-8(12-7)6-1-2-10-4-6/h5-6,10H,1-4H2. The first-order valence-electron chi connectivity index (χ1n) is 4.11. The van der Waals surface area contributed by atoms with Gasteiger partial charge in [-0.25, -0.2) is 9.37 Å². The van der Waals surface area contributed by atoms with Crippen molar-refractivity contribution in [3.63, 3.8) is 0 Å². The maximum atomic E-state index is 12.2. The highest BCUT2D eigenvalue weighted by molar-refractivity contribution is 7.11. The van der Waals surface area contributed by atoms with Gasteiger partial charge in [-0.05, 0) is 13.0 Å². The van der Waals surface area contributed by atoms with Gasteiger partial charge >= 0.3 is 0 Å². The molecule has 0 aliphatic carbocycles. The summed E-state index contributed by atoms with van der Waals surface area (Å²) in [7, 11) is 0. The lowest BCUT2D eigenvalue weighted by molar-refractivity contribution is 0.491. The molecule has 1 aliphatic rings. The minimum atomic E-state index is -0.377. The van der Waals surface area contributed by atoms with E-state index in [4.69, 9.17) is 0 Å². The van der Waals surface area contributed by atoms with E-state index in [0.717, 1.165) is 29.4 Å². The van der Waals surface area contributed by atoms with Gasteiger partial charge in [0.1, 0.15) is 6.67 Å². The Morgan fingerprint density at radius 2 is 2.67 bits per heavy atom. The molecule has 1 fully saturated rings. The molecular formula is C8H11FN2S. The lowest BCUT2D eigenvalue weighted by Gasteiger charge is -2.00. The Morgan fingerprint density at radius 1 is 1.75 bits per heavy atom. The Kier molecular flexibility index (Phi) is 2.37. The molecule has 0 aromatic carbocycles. The predicted octanol–water partition coefficient (Wildman–Crippen LogP) is 1.69. The first-order valence-corrected chi connectivity index (χ1v) is 4.93. The topological polar surface area (TPSA) is 24.9 Å². The summed E-state index contributed by atoms with van der Waals surface area (Å²) < 4.78 is 12.2. The molecule has 0 radical (unpaired) electrons. The number of nitrogens with one attached hydrogen (secondary N) is 1. The van der Waals surface area contributed by atoms with Gasteiger partial charge in [0.15, 0.2) is 0 Å². The van der Waals surface area contributed by atoms with Crippen LogP contribution in [0.1, 0.15) is 22.2 Å². The maximum Gasteiger partial charge on any atom is 0.125 e. The first kappa shape index (κ1) is 8.13. The van der Waals surface area contributed by atoms with Crippen molar-refractivity contribution >= 4 is 11.3 Å². The van der Waals surface area contributed by atoms with Crippen LogP contribution in [0.4, 0.5) is 4.39 Å². The Balaban J connectivity index is 2.11. The third kappa shape index (κ3) is 1.49. The Morgan fingerprint density at radius 3 is 3.25 bits per heavy atom. The average Bonchev–Trinajstić information content (AvgIpc) is 2.75. The summed E-state index contributed by atoms with van der Waals surface area (Å²) in [5.74, 6) is 0.523. The first-order chi connectivity index (χ1) is 5.90. The van der Waals surface area contributed by atoms with Crippen LogP contribution in [0, 0.1) is 0 Å². The maximum absolute atomic E-state index is 12.2. The quantitative estimate of drug-likeness (QED) is 0.760. The zero-order valence-electron chi connectivity index (χ0n) is 6.72. The van der Waals surface area contributed by atoms with Crippen molar-refractivity contribution in [1.29, 1.82) is 0 Å². The van der Waals surface area contributed by atoms with Crippen molar-refractivity contribution in [2.24, 2.45) is 0 Å². The average molecular weight is 186 g/mol.